The number of hydrogen-bond donors (Lipinski definition) is 4. The number of carbonyl (C=O) groups is 2. The molecule has 3 aromatic carbocycles. The largest absolute Gasteiger partial charge is 0.492 e. The number of para-hydroxylation sites is 2. The van der Waals surface area contributed by atoms with E-state index in [1.54, 1.807) is 24.3 Å². The van der Waals surface area contributed by atoms with Crippen LogP contribution >= 0.6 is 22.4 Å². The zero-order valence-electron chi connectivity index (χ0n) is 21.7. The Morgan fingerprint density at radius 2 is 1.74 bits per heavy atom. The molecule has 1 fully saturated rings. The molecule has 0 bridgehead atoms. The van der Waals surface area contributed by atoms with Crippen molar-refractivity contribution in [3.63, 3.8) is 0 Å². The molecule has 0 spiro atoms. The van der Waals surface area contributed by atoms with E-state index < -0.39 is 55.0 Å². The number of sulfonamides is 1. The summed E-state index contributed by atoms with van der Waals surface area (Å²) in [4.78, 5) is 35.0. The van der Waals surface area contributed by atoms with Crippen molar-refractivity contribution in [3.05, 3.63) is 94.8 Å². The number of nitrogens with one attached hydrogen (secondary N) is 2. The summed E-state index contributed by atoms with van der Waals surface area (Å²) in [5.74, 6) is -3.48. The first-order chi connectivity index (χ1) is 20.2. The molecule has 5 rings (SSSR count). The molecule has 0 radical (unpaired) electrons. The van der Waals surface area contributed by atoms with Crippen LogP contribution in [-0.4, -0.2) is 50.0 Å². The van der Waals surface area contributed by atoms with Gasteiger partial charge in [-0.3, -0.25) is 18.6 Å². The van der Waals surface area contributed by atoms with Crippen LogP contribution in [0, 0.1) is 0 Å². The number of carbonyl (C=O) groups excluding carboxylic acids is 2. The van der Waals surface area contributed by atoms with E-state index >= 15 is 0 Å². The second kappa shape index (κ2) is 11.4. The number of nitrogens with zero attached hydrogens (tertiary/aromatic N) is 2. The SMILES string of the molecule is O=C1CC(c2ccc(C[C@@H](c3nc4ccccc4[nH]3)N(OC(=O)C(F)(F)F)S(=O)(=O)c3ccccc3Cl)cc2)S(O)(O)N1. The minimum absolute atomic E-state index is 0.0637. The summed E-state index contributed by atoms with van der Waals surface area (Å²) >= 11 is 6.11. The maximum atomic E-state index is 13.8. The van der Waals surface area contributed by atoms with Gasteiger partial charge in [-0.15, -0.1) is 10.8 Å². The van der Waals surface area contributed by atoms with Crippen LogP contribution in [-0.2, 0) is 30.9 Å². The zero-order valence-corrected chi connectivity index (χ0v) is 24.0. The first-order valence-electron chi connectivity index (χ1n) is 12.4. The highest BCUT2D eigenvalue weighted by molar-refractivity contribution is 8.23. The van der Waals surface area contributed by atoms with Gasteiger partial charge in [-0.05, 0) is 46.3 Å². The Labute approximate surface area is 249 Å². The molecule has 0 saturated carbocycles. The van der Waals surface area contributed by atoms with Gasteiger partial charge in [-0.1, -0.05) is 60.1 Å². The lowest BCUT2D eigenvalue weighted by Crippen LogP contribution is -2.42. The molecule has 43 heavy (non-hydrogen) atoms. The maximum absolute atomic E-state index is 13.8. The second-order valence-corrected chi connectivity index (χ2v) is 13.6. The van der Waals surface area contributed by atoms with Gasteiger partial charge < -0.3 is 9.82 Å². The minimum Gasteiger partial charge on any atom is -0.344 e. The molecule has 1 aliphatic rings. The van der Waals surface area contributed by atoms with E-state index in [9.17, 15) is 40.3 Å². The number of fused-ring (bicyclic) bond motifs is 1. The standard InChI is InChI=1S/C26H22ClF3N4O7S2/c27-17-5-1-4-8-21(17)43(39,40)34(41-25(36)26(28,29)30)20(24-31-18-6-2-3-7-19(18)32-24)13-15-9-11-16(12-10-15)22-14-23(35)33-42(22,37)38/h1-12,20,22,37-38H,13-14H2,(H,31,32)(H,33,35)/t20-,22?/m0/s1. The Hall–Kier alpha value is -3.67. The van der Waals surface area contributed by atoms with Gasteiger partial charge in [0.05, 0.1) is 22.5 Å². The molecular weight excluding hydrogens is 637 g/mol. The molecular formula is C26H22ClF3N4O7S2. The van der Waals surface area contributed by atoms with Crippen molar-refractivity contribution in [2.75, 3.05) is 0 Å². The average molecular weight is 659 g/mol. The van der Waals surface area contributed by atoms with Gasteiger partial charge >= 0.3 is 12.1 Å². The van der Waals surface area contributed by atoms with E-state index in [1.807, 2.05) is 0 Å². The van der Waals surface area contributed by atoms with E-state index in [0.29, 0.717) is 22.2 Å². The lowest BCUT2D eigenvalue weighted by atomic mass is 10.0. The Balaban J connectivity index is 1.61. The molecule has 17 heteroatoms. The third kappa shape index (κ3) is 6.34. The van der Waals surface area contributed by atoms with Crippen LogP contribution in [0.4, 0.5) is 13.2 Å². The van der Waals surface area contributed by atoms with E-state index in [1.165, 1.54) is 42.5 Å². The van der Waals surface area contributed by atoms with E-state index in [2.05, 4.69) is 19.5 Å². The number of aromatic amines is 1. The van der Waals surface area contributed by atoms with Crippen molar-refractivity contribution in [2.45, 2.75) is 35.2 Å². The second-order valence-electron chi connectivity index (χ2n) is 9.48. The highest BCUT2D eigenvalue weighted by Crippen LogP contribution is 2.56. The van der Waals surface area contributed by atoms with Crippen molar-refractivity contribution in [3.8, 4) is 0 Å². The van der Waals surface area contributed by atoms with Crippen LogP contribution in [0.1, 0.15) is 34.7 Å². The number of benzene rings is 3. The fraction of sp³-hybridized carbons (Fsp3) is 0.192. The first-order valence-corrected chi connectivity index (χ1v) is 15.8. The van der Waals surface area contributed by atoms with Crippen LogP contribution in [0.25, 0.3) is 11.0 Å². The van der Waals surface area contributed by atoms with Gasteiger partial charge in [-0.25, -0.2) is 18.2 Å². The number of aromatic nitrogens is 2. The molecule has 1 unspecified atom stereocenters. The molecule has 4 N–H and O–H groups in total. The average Bonchev–Trinajstić information content (AvgIpc) is 3.49. The topological polar surface area (TPSA) is 162 Å². The van der Waals surface area contributed by atoms with Crippen molar-refractivity contribution >= 4 is 55.3 Å². The van der Waals surface area contributed by atoms with Crippen LogP contribution in [0.5, 0.6) is 0 Å². The van der Waals surface area contributed by atoms with Crippen LogP contribution in [0.3, 0.4) is 0 Å². The molecule has 2 atom stereocenters. The van der Waals surface area contributed by atoms with Crippen LogP contribution in [0.2, 0.25) is 5.02 Å². The van der Waals surface area contributed by atoms with Crippen molar-refractivity contribution < 1.29 is 45.1 Å². The molecule has 1 amide bonds. The number of hydrogen-bond acceptors (Lipinski definition) is 8. The summed E-state index contributed by atoms with van der Waals surface area (Å²) in [5, 5.41) is -1.27. The van der Waals surface area contributed by atoms with E-state index in [0.717, 1.165) is 6.07 Å². The number of rotatable bonds is 8. The fourth-order valence-corrected chi connectivity index (χ4v) is 7.87. The highest BCUT2D eigenvalue weighted by Gasteiger charge is 2.47. The molecule has 1 aliphatic heterocycles. The Kier molecular flexibility index (Phi) is 8.19. The summed E-state index contributed by atoms with van der Waals surface area (Å²) in [7, 11) is -8.50. The lowest BCUT2D eigenvalue weighted by Gasteiger charge is -2.33. The van der Waals surface area contributed by atoms with Crippen LogP contribution in [0.15, 0.2) is 77.7 Å². The summed E-state index contributed by atoms with van der Waals surface area (Å²) < 4.78 is 90.4. The lowest BCUT2D eigenvalue weighted by molar-refractivity contribution is -0.227. The quantitative estimate of drug-likeness (QED) is 0.182. The number of alkyl halides is 3. The van der Waals surface area contributed by atoms with Gasteiger partial charge in [0.1, 0.15) is 22.0 Å². The normalized spacial score (nSPS) is 18.4. The summed E-state index contributed by atoms with van der Waals surface area (Å²) in [6.45, 7) is 0. The molecule has 228 valence electrons. The first kappa shape index (κ1) is 30.8. The Bertz CT molecular complexity index is 1770. The minimum atomic E-state index is -5.55. The molecule has 2 heterocycles. The predicted molar refractivity (Wildman–Crippen MR) is 150 cm³/mol. The number of imidazole rings is 1. The van der Waals surface area contributed by atoms with Crippen molar-refractivity contribution in [2.24, 2.45) is 0 Å². The zero-order chi connectivity index (χ0) is 31.2. The van der Waals surface area contributed by atoms with E-state index in [4.69, 9.17) is 11.6 Å². The van der Waals surface area contributed by atoms with Gasteiger partial charge in [-0.2, -0.15) is 13.2 Å². The monoisotopic (exact) mass is 658 g/mol. The third-order valence-electron chi connectivity index (χ3n) is 6.55. The van der Waals surface area contributed by atoms with Gasteiger partial charge in [0.25, 0.3) is 10.0 Å². The summed E-state index contributed by atoms with van der Waals surface area (Å²) in [5.41, 5.74) is 1.51. The van der Waals surface area contributed by atoms with Gasteiger partial charge in [0, 0.05) is 0 Å². The maximum Gasteiger partial charge on any atom is 0.492 e. The third-order valence-corrected chi connectivity index (χ3v) is 10.5. The van der Waals surface area contributed by atoms with Crippen molar-refractivity contribution in [1.29, 1.82) is 0 Å². The number of hydroxylamine groups is 1. The highest BCUT2D eigenvalue weighted by atomic mass is 35.5. The summed E-state index contributed by atoms with van der Waals surface area (Å²) in [6.07, 6.45) is -6.10. The Morgan fingerprint density at radius 1 is 1.09 bits per heavy atom. The van der Waals surface area contributed by atoms with Crippen LogP contribution < -0.4 is 4.72 Å². The van der Waals surface area contributed by atoms with E-state index in [-0.39, 0.29) is 28.2 Å². The Morgan fingerprint density at radius 3 is 2.35 bits per heavy atom. The molecule has 0 aliphatic carbocycles. The molecule has 1 saturated heterocycles. The predicted octanol–water partition coefficient (Wildman–Crippen LogP) is 5.44. The number of amides is 1. The van der Waals surface area contributed by atoms with Crippen molar-refractivity contribution in [1.82, 2.24) is 19.2 Å². The summed E-state index contributed by atoms with van der Waals surface area (Å²) in [6, 6.07) is 15.7. The molecule has 4 aromatic rings. The number of H-pyrrole nitrogens is 1. The van der Waals surface area contributed by atoms with Gasteiger partial charge in [0.2, 0.25) is 5.91 Å². The smallest absolute Gasteiger partial charge is 0.344 e. The van der Waals surface area contributed by atoms with Gasteiger partial charge in [0.15, 0.2) is 0 Å². The number of halogens is 4. The molecule has 1 aromatic heterocycles. The molecule has 11 nitrogen and oxygen atoms in total. The fourth-order valence-electron chi connectivity index (χ4n) is 4.53.